The minimum Gasteiger partial charge on any atom is -0.392 e. The molecule has 0 bridgehead atoms. The molecule has 0 aromatic carbocycles. The van der Waals surface area contributed by atoms with Crippen molar-refractivity contribution in [1.29, 1.82) is 0 Å². The Morgan fingerprint density at radius 1 is 1.53 bits per heavy atom. The van der Waals surface area contributed by atoms with Gasteiger partial charge in [-0.3, -0.25) is 9.78 Å². The molecule has 1 aliphatic rings. The minimum absolute atomic E-state index is 0.185. The summed E-state index contributed by atoms with van der Waals surface area (Å²) in [6, 6.07) is 1.72. The molecule has 1 aromatic heterocycles. The van der Waals surface area contributed by atoms with Crippen molar-refractivity contribution in [2.24, 2.45) is 11.1 Å². The van der Waals surface area contributed by atoms with Crippen molar-refractivity contribution in [3.8, 4) is 0 Å². The van der Waals surface area contributed by atoms with Gasteiger partial charge in [-0.2, -0.15) is 0 Å². The molecule has 102 valence electrons. The molecule has 1 amide bonds. The van der Waals surface area contributed by atoms with Gasteiger partial charge in [0.15, 0.2) is 0 Å². The highest BCUT2D eigenvalue weighted by Gasteiger charge is 2.43. The predicted octanol–water partition coefficient (Wildman–Crippen LogP) is 1.87. The largest absolute Gasteiger partial charge is 0.392 e. The molecule has 1 aliphatic heterocycles. The van der Waals surface area contributed by atoms with E-state index in [0.29, 0.717) is 36.2 Å². The molecule has 0 saturated carbocycles. The molecule has 5 nitrogen and oxygen atoms in total. The van der Waals surface area contributed by atoms with Gasteiger partial charge in [0.25, 0.3) is 0 Å². The zero-order valence-corrected chi connectivity index (χ0v) is 12.6. The first-order valence-corrected chi connectivity index (χ1v) is 7.05. The van der Waals surface area contributed by atoms with Crippen LogP contribution >= 0.6 is 28.1 Å². The number of nitrogens with zero attached hydrogens (tertiary/aromatic N) is 1. The molecule has 19 heavy (non-hydrogen) atoms. The average Bonchev–Trinajstić information content (AvgIpc) is 2.42. The van der Waals surface area contributed by atoms with Gasteiger partial charge in [-0.25, -0.2) is 0 Å². The molecule has 3 N–H and O–H groups in total. The summed E-state index contributed by atoms with van der Waals surface area (Å²) in [6.45, 7) is 0.977. The Hall–Kier alpha value is -1.05. The molecule has 1 aromatic rings. The number of nitrogens with one attached hydrogen (secondary N) is 1. The Labute approximate surface area is 125 Å². The fraction of sp³-hybridized carbons (Fsp3) is 0.417. The first kappa shape index (κ1) is 14.4. The number of halogens is 1. The number of thiocarbonyl (C=S) groups is 1. The molecule has 2 rings (SSSR count). The van der Waals surface area contributed by atoms with Crippen LogP contribution in [0.15, 0.2) is 22.9 Å². The molecule has 0 unspecified atom stereocenters. The third-order valence-corrected chi connectivity index (χ3v) is 4.30. The molecular weight excluding hydrogens is 330 g/mol. The summed E-state index contributed by atoms with van der Waals surface area (Å²) < 4.78 is 6.00. The molecule has 0 atom stereocenters. The zero-order chi connectivity index (χ0) is 13.9. The first-order chi connectivity index (χ1) is 9.06. The lowest BCUT2D eigenvalue weighted by molar-refractivity contribution is -0.126. The lowest BCUT2D eigenvalue weighted by Crippen LogP contribution is -2.49. The van der Waals surface area contributed by atoms with Crippen LogP contribution in [0.3, 0.4) is 0 Å². The van der Waals surface area contributed by atoms with Crippen molar-refractivity contribution in [2.75, 3.05) is 18.5 Å². The maximum absolute atomic E-state index is 12.5. The molecule has 0 spiro atoms. The van der Waals surface area contributed by atoms with Crippen LogP contribution in [-0.2, 0) is 9.53 Å². The normalized spacial score (nSPS) is 17.7. The van der Waals surface area contributed by atoms with E-state index >= 15 is 0 Å². The number of hydrogen-bond acceptors (Lipinski definition) is 4. The van der Waals surface area contributed by atoms with Crippen LogP contribution in [0.1, 0.15) is 12.8 Å². The summed E-state index contributed by atoms with van der Waals surface area (Å²) in [5, 5.41) is 2.85. The van der Waals surface area contributed by atoms with E-state index in [1.165, 1.54) is 0 Å². The fourth-order valence-corrected chi connectivity index (χ4v) is 2.67. The average molecular weight is 344 g/mol. The quantitative estimate of drug-likeness (QED) is 0.819. The Balaban J connectivity index is 2.21. The molecule has 7 heteroatoms. The van der Waals surface area contributed by atoms with Crippen molar-refractivity contribution in [3.63, 3.8) is 0 Å². The summed E-state index contributed by atoms with van der Waals surface area (Å²) in [6.07, 6.45) is 4.25. The summed E-state index contributed by atoms with van der Waals surface area (Å²) in [4.78, 5) is 16.7. The third-order valence-electron chi connectivity index (χ3n) is 3.27. The minimum atomic E-state index is -0.823. The van der Waals surface area contributed by atoms with Gasteiger partial charge in [0, 0.05) is 25.6 Å². The lowest BCUT2D eigenvalue weighted by Gasteiger charge is -2.34. The SMILES string of the molecule is NC(=S)C1(C(=O)Nc2ccncc2Br)CCOCC1. The number of rotatable bonds is 3. The van der Waals surface area contributed by atoms with E-state index in [1.807, 2.05) is 0 Å². The van der Waals surface area contributed by atoms with E-state index < -0.39 is 5.41 Å². The van der Waals surface area contributed by atoms with E-state index in [9.17, 15) is 4.79 Å². The highest BCUT2D eigenvalue weighted by atomic mass is 79.9. The van der Waals surface area contributed by atoms with Gasteiger partial charge in [0.05, 0.1) is 15.1 Å². The van der Waals surface area contributed by atoms with Crippen molar-refractivity contribution >= 4 is 44.7 Å². The van der Waals surface area contributed by atoms with Crippen LogP contribution in [0.25, 0.3) is 0 Å². The third kappa shape index (κ3) is 2.93. The van der Waals surface area contributed by atoms with Crippen LogP contribution in [0, 0.1) is 5.41 Å². The van der Waals surface area contributed by atoms with Gasteiger partial charge < -0.3 is 15.8 Å². The van der Waals surface area contributed by atoms with E-state index in [2.05, 4.69) is 26.2 Å². The lowest BCUT2D eigenvalue weighted by atomic mass is 9.79. The Bertz CT molecular complexity index is 504. The Morgan fingerprint density at radius 3 is 2.79 bits per heavy atom. The van der Waals surface area contributed by atoms with Crippen LogP contribution in [0.2, 0.25) is 0 Å². The number of hydrogen-bond donors (Lipinski definition) is 2. The van der Waals surface area contributed by atoms with Gasteiger partial charge in [-0.05, 0) is 34.8 Å². The van der Waals surface area contributed by atoms with Crippen LogP contribution in [0.4, 0.5) is 5.69 Å². The molecule has 1 saturated heterocycles. The van der Waals surface area contributed by atoms with Gasteiger partial charge in [-0.15, -0.1) is 0 Å². The van der Waals surface area contributed by atoms with Crippen molar-refractivity contribution in [2.45, 2.75) is 12.8 Å². The second-order valence-corrected chi connectivity index (χ2v) is 5.66. The zero-order valence-electron chi connectivity index (χ0n) is 10.2. The van der Waals surface area contributed by atoms with Gasteiger partial charge >= 0.3 is 0 Å². The number of carbonyl (C=O) groups is 1. The van der Waals surface area contributed by atoms with E-state index in [0.717, 1.165) is 0 Å². The summed E-state index contributed by atoms with van der Waals surface area (Å²) >= 11 is 8.43. The van der Waals surface area contributed by atoms with E-state index in [-0.39, 0.29) is 10.9 Å². The number of carbonyl (C=O) groups excluding carboxylic acids is 1. The molecule has 0 aliphatic carbocycles. The fourth-order valence-electron chi connectivity index (χ4n) is 2.02. The highest BCUT2D eigenvalue weighted by Crippen LogP contribution is 2.33. The van der Waals surface area contributed by atoms with Crippen LogP contribution < -0.4 is 11.1 Å². The van der Waals surface area contributed by atoms with Crippen molar-refractivity contribution in [3.05, 3.63) is 22.9 Å². The maximum atomic E-state index is 12.5. The van der Waals surface area contributed by atoms with Gasteiger partial charge in [0.1, 0.15) is 5.41 Å². The second kappa shape index (κ2) is 5.94. The summed E-state index contributed by atoms with van der Waals surface area (Å²) in [5.74, 6) is -0.185. The highest BCUT2D eigenvalue weighted by molar-refractivity contribution is 9.10. The van der Waals surface area contributed by atoms with E-state index in [4.69, 9.17) is 22.7 Å². The van der Waals surface area contributed by atoms with Crippen molar-refractivity contribution < 1.29 is 9.53 Å². The predicted molar refractivity (Wildman–Crippen MR) is 79.8 cm³/mol. The standard InChI is InChI=1S/C12H14BrN3O2S/c13-8-7-15-4-1-9(8)16-11(17)12(10(14)19)2-5-18-6-3-12/h1,4,7H,2-3,5-6H2,(H2,14,19)(H,15,16,17). The van der Waals surface area contributed by atoms with E-state index in [1.54, 1.807) is 18.5 Å². The molecular formula is C12H14BrN3O2S. The van der Waals surface area contributed by atoms with Gasteiger partial charge in [0.2, 0.25) is 5.91 Å². The van der Waals surface area contributed by atoms with Crippen LogP contribution in [0.5, 0.6) is 0 Å². The topological polar surface area (TPSA) is 77.2 Å². The second-order valence-electron chi connectivity index (χ2n) is 4.37. The molecule has 1 fully saturated rings. The van der Waals surface area contributed by atoms with Crippen molar-refractivity contribution in [1.82, 2.24) is 4.98 Å². The first-order valence-electron chi connectivity index (χ1n) is 5.85. The Kier molecular flexibility index (Phi) is 4.49. The summed E-state index contributed by atoms with van der Waals surface area (Å²) in [7, 11) is 0. The van der Waals surface area contributed by atoms with Crippen LogP contribution in [-0.4, -0.2) is 29.1 Å². The molecule has 2 heterocycles. The number of nitrogens with two attached hydrogens (primary N) is 1. The number of amides is 1. The number of ether oxygens (including phenoxy) is 1. The smallest absolute Gasteiger partial charge is 0.237 e. The Morgan fingerprint density at radius 2 is 2.21 bits per heavy atom. The summed E-state index contributed by atoms with van der Waals surface area (Å²) in [5.41, 5.74) is 5.62. The number of aromatic nitrogens is 1. The van der Waals surface area contributed by atoms with Gasteiger partial charge in [-0.1, -0.05) is 12.2 Å². The number of pyridine rings is 1. The number of anilines is 1. The monoisotopic (exact) mass is 343 g/mol. The molecule has 0 radical (unpaired) electrons. The maximum Gasteiger partial charge on any atom is 0.237 e.